The van der Waals surface area contributed by atoms with Crippen LogP contribution in [0.4, 0.5) is 5.82 Å². The number of hydrogen-bond acceptors (Lipinski definition) is 10. The molecule has 4 rings (SSSR count). The number of carbonyl (C=O) groups excluding carboxylic acids is 2. The predicted octanol–water partition coefficient (Wildman–Crippen LogP) is -0.574. The van der Waals surface area contributed by atoms with Crippen molar-refractivity contribution in [1.82, 2.24) is 24.8 Å². The number of aliphatic hydroxyl groups excluding tert-OH is 2. The van der Waals surface area contributed by atoms with Crippen molar-refractivity contribution in [2.24, 2.45) is 0 Å². The maximum Gasteiger partial charge on any atom is 0.343 e. The highest BCUT2D eigenvalue weighted by Gasteiger charge is 2.44. The van der Waals surface area contributed by atoms with Crippen molar-refractivity contribution in [2.45, 2.75) is 30.7 Å². The first-order valence-corrected chi connectivity index (χ1v) is 9.78. The molecule has 0 saturated heterocycles. The fourth-order valence-corrected chi connectivity index (χ4v) is 3.74. The molecule has 1 aliphatic carbocycles. The van der Waals surface area contributed by atoms with Gasteiger partial charge in [0.2, 0.25) is 0 Å². The number of ether oxygens (including phenoxy) is 2. The Labute approximate surface area is 182 Å². The predicted molar refractivity (Wildman–Crippen MR) is 111 cm³/mol. The van der Waals surface area contributed by atoms with Crippen LogP contribution in [0, 0.1) is 0 Å². The van der Waals surface area contributed by atoms with Gasteiger partial charge in [0.05, 0.1) is 37.7 Å². The van der Waals surface area contributed by atoms with Crippen LogP contribution in [0.3, 0.4) is 0 Å². The van der Waals surface area contributed by atoms with Crippen LogP contribution in [-0.4, -0.2) is 73.6 Å². The van der Waals surface area contributed by atoms with E-state index in [0.717, 1.165) is 0 Å². The lowest BCUT2D eigenvalue weighted by Gasteiger charge is -2.22. The Kier molecular flexibility index (Phi) is 5.88. The smallest absolute Gasteiger partial charge is 0.343 e. The van der Waals surface area contributed by atoms with Crippen molar-refractivity contribution >= 4 is 28.9 Å². The van der Waals surface area contributed by atoms with Crippen LogP contribution in [0.25, 0.3) is 11.2 Å². The Morgan fingerprint density at radius 2 is 1.97 bits per heavy atom. The van der Waals surface area contributed by atoms with Gasteiger partial charge in [0.1, 0.15) is 17.6 Å². The first kappa shape index (κ1) is 21.5. The maximum absolute atomic E-state index is 12.7. The quantitative estimate of drug-likeness (QED) is 0.362. The molecular weight excluding hydrogens is 420 g/mol. The van der Waals surface area contributed by atoms with Gasteiger partial charge in [-0.25, -0.2) is 19.7 Å². The SMILES string of the molecule is COC(=O)COc1ccc(C(=O)N[C@@H]2C[C@H](O)[C@@H](n3cnc4c(N)ncnc43)[C@@H]2O)cc1. The topological polar surface area (TPSA) is 175 Å². The molecule has 3 aromatic rings. The lowest BCUT2D eigenvalue weighted by Crippen LogP contribution is -2.42. The van der Waals surface area contributed by atoms with E-state index in [0.29, 0.717) is 22.5 Å². The molecule has 0 bridgehead atoms. The van der Waals surface area contributed by atoms with E-state index in [1.54, 1.807) is 16.7 Å². The van der Waals surface area contributed by atoms with Crippen LogP contribution in [0.1, 0.15) is 22.8 Å². The minimum absolute atomic E-state index is 0.137. The van der Waals surface area contributed by atoms with Gasteiger partial charge in [0, 0.05) is 5.56 Å². The molecular formula is C20H22N6O6. The molecule has 32 heavy (non-hydrogen) atoms. The Morgan fingerprint density at radius 1 is 1.22 bits per heavy atom. The van der Waals surface area contributed by atoms with E-state index in [2.05, 4.69) is 25.0 Å². The molecule has 5 N–H and O–H groups in total. The number of benzene rings is 1. The second-order valence-electron chi connectivity index (χ2n) is 7.34. The Balaban J connectivity index is 1.44. The fraction of sp³-hybridized carbons (Fsp3) is 0.350. The number of nitrogen functional groups attached to an aromatic ring is 1. The number of nitrogens with zero attached hydrogens (tertiary/aromatic N) is 4. The van der Waals surface area contributed by atoms with Gasteiger partial charge >= 0.3 is 5.97 Å². The summed E-state index contributed by atoms with van der Waals surface area (Å²) in [5, 5.41) is 24.2. The highest BCUT2D eigenvalue weighted by atomic mass is 16.6. The molecule has 0 radical (unpaired) electrons. The molecule has 1 aliphatic rings. The van der Waals surface area contributed by atoms with Crippen LogP contribution in [0.2, 0.25) is 0 Å². The Hall–Kier alpha value is -3.77. The zero-order valence-corrected chi connectivity index (χ0v) is 17.1. The number of anilines is 1. The third-order valence-corrected chi connectivity index (χ3v) is 5.38. The monoisotopic (exact) mass is 442 g/mol. The number of rotatable bonds is 6. The van der Waals surface area contributed by atoms with Crippen molar-refractivity contribution < 1.29 is 29.3 Å². The number of nitrogens with two attached hydrogens (primary N) is 1. The molecule has 1 aromatic carbocycles. The number of fused-ring (bicyclic) bond motifs is 1. The van der Waals surface area contributed by atoms with Crippen molar-refractivity contribution in [2.75, 3.05) is 19.5 Å². The molecule has 4 atom stereocenters. The zero-order chi connectivity index (χ0) is 22.8. The van der Waals surface area contributed by atoms with Gasteiger partial charge in [0.25, 0.3) is 5.91 Å². The molecule has 0 spiro atoms. The largest absolute Gasteiger partial charge is 0.482 e. The summed E-state index contributed by atoms with van der Waals surface area (Å²) in [5.41, 5.74) is 6.89. The van der Waals surface area contributed by atoms with Crippen LogP contribution >= 0.6 is 0 Å². The number of nitrogens with one attached hydrogen (secondary N) is 1. The summed E-state index contributed by atoms with van der Waals surface area (Å²) in [4.78, 5) is 36.0. The first-order chi connectivity index (χ1) is 15.4. The van der Waals surface area contributed by atoms with Gasteiger partial charge in [-0.05, 0) is 30.7 Å². The number of carbonyl (C=O) groups is 2. The summed E-state index contributed by atoms with van der Waals surface area (Å²) in [5.74, 6) is -0.352. The van der Waals surface area contributed by atoms with E-state index < -0.39 is 36.2 Å². The summed E-state index contributed by atoms with van der Waals surface area (Å²) in [6.07, 6.45) is 0.812. The van der Waals surface area contributed by atoms with Crippen LogP contribution in [0.15, 0.2) is 36.9 Å². The van der Waals surface area contributed by atoms with E-state index in [1.165, 1.54) is 31.9 Å². The highest BCUT2D eigenvalue weighted by Crippen LogP contribution is 2.33. The molecule has 2 heterocycles. The number of hydrogen-bond donors (Lipinski definition) is 4. The van der Waals surface area contributed by atoms with Gasteiger partial charge in [-0.1, -0.05) is 0 Å². The normalized spacial score (nSPS) is 22.6. The molecule has 0 unspecified atom stereocenters. The fourth-order valence-electron chi connectivity index (χ4n) is 3.74. The molecule has 1 saturated carbocycles. The summed E-state index contributed by atoms with van der Waals surface area (Å²) >= 11 is 0. The van der Waals surface area contributed by atoms with Gasteiger partial charge in [-0.2, -0.15) is 0 Å². The van der Waals surface area contributed by atoms with Crippen molar-refractivity contribution in [3.8, 4) is 5.75 Å². The van der Waals surface area contributed by atoms with E-state index in [-0.39, 0.29) is 18.8 Å². The minimum Gasteiger partial charge on any atom is -0.482 e. The number of imidazole rings is 1. The van der Waals surface area contributed by atoms with E-state index in [4.69, 9.17) is 10.5 Å². The molecule has 1 amide bonds. The maximum atomic E-state index is 12.7. The Bertz CT molecular complexity index is 1130. The summed E-state index contributed by atoms with van der Waals surface area (Å²) < 4.78 is 11.3. The lowest BCUT2D eigenvalue weighted by molar-refractivity contribution is -0.142. The van der Waals surface area contributed by atoms with Gasteiger partial charge in [-0.3, -0.25) is 4.79 Å². The average molecular weight is 442 g/mol. The van der Waals surface area contributed by atoms with Gasteiger partial charge < -0.3 is 35.3 Å². The van der Waals surface area contributed by atoms with E-state index in [9.17, 15) is 19.8 Å². The molecule has 12 nitrogen and oxygen atoms in total. The third-order valence-electron chi connectivity index (χ3n) is 5.38. The molecule has 12 heteroatoms. The average Bonchev–Trinajstić information content (AvgIpc) is 3.33. The number of esters is 1. The van der Waals surface area contributed by atoms with Crippen LogP contribution in [0.5, 0.6) is 5.75 Å². The van der Waals surface area contributed by atoms with Crippen molar-refractivity contribution in [3.05, 3.63) is 42.5 Å². The van der Waals surface area contributed by atoms with Gasteiger partial charge in [0.15, 0.2) is 18.1 Å². The number of aliphatic hydroxyl groups is 2. The van der Waals surface area contributed by atoms with E-state index >= 15 is 0 Å². The summed E-state index contributed by atoms with van der Waals surface area (Å²) in [7, 11) is 1.26. The second-order valence-corrected chi connectivity index (χ2v) is 7.34. The van der Waals surface area contributed by atoms with Gasteiger partial charge in [-0.15, -0.1) is 0 Å². The summed E-state index contributed by atoms with van der Waals surface area (Å²) in [6, 6.07) is 4.67. The number of aromatic nitrogens is 4. The standard InChI is InChI=1S/C20H22N6O6/c1-31-14(28)7-32-11-4-2-10(3-5-11)20(30)25-12-6-13(27)16(17(12)29)26-9-24-15-18(21)22-8-23-19(15)26/h2-5,8-9,12-13,16-17,27,29H,6-7H2,1H3,(H,25,30)(H2,21,22,23)/t12-,13+,16-,17-/m1/s1. The number of methoxy groups -OCH3 is 1. The number of amides is 1. The van der Waals surface area contributed by atoms with Crippen molar-refractivity contribution in [3.63, 3.8) is 0 Å². The second kappa shape index (κ2) is 8.77. The zero-order valence-electron chi connectivity index (χ0n) is 17.1. The molecule has 1 fully saturated rings. The highest BCUT2D eigenvalue weighted by molar-refractivity contribution is 5.94. The lowest BCUT2D eigenvalue weighted by atomic mass is 10.1. The van der Waals surface area contributed by atoms with Crippen molar-refractivity contribution in [1.29, 1.82) is 0 Å². The third kappa shape index (κ3) is 4.05. The minimum atomic E-state index is -1.09. The van der Waals surface area contributed by atoms with Crippen LogP contribution in [-0.2, 0) is 9.53 Å². The molecule has 0 aliphatic heterocycles. The Morgan fingerprint density at radius 3 is 2.69 bits per heavy atom. The van der Waals surface area contributed by atoms with E-state index in [1.807, 2.05) is 0 Å². The summed E-state index contributed by atoms with van der Waals surface area (Å²) in [6.45, 7) is -0.241. The molecule has 168 valence electrons. The van der Waals surface area contributed by atoms with Crippen LogP contribution < -0.4 is 15.8 Å². The molecule has 2 aromatic heterocycles. The first-order valence-electron chi connectivity index (χ1n) is 9.78.